The maximum absolute atomic E-state index is 11.4. The summed E-state index contributed by atoms with van der Waals surface area (Å²) in [7, 11) is 0. The molecule has 1 heterocycles. The molecule has 0 radical (unpaired) electrons. The summed E-state index contributed by atoms with van der Waals surface area (Å²) < 4.78 is 0. The van der Waals surface area contributed by atoms with E-state index in [1.165, 1.54) is 0 Å². The van der Waals surface area contributed by atoms with E-state index in [1.807, 2.05) is 37.3 Å². The number of aryl methyl sites for hydroxylation is 1. The summed E-state index contributed by atoms with van der Waals surface area (Å²) in [5.74, 6) is -0.0433. The normalized spacial score (nSPS) is 14.8. The minimum Gasteiger partial charge on any atom is -0.384 e. The van der Waals surface area contributed by atoms with Crippen molar-refractivity contribution in [2.45, 2.75) is 19.4 Å². The van der Waals surface area contributed by atoms with Crippen molar-refractivity contribution in [1.82, 2.24) is 0 Å². The summed E-state index contributed by atoms with van der Waals surface area (Å²) in [5.41, 5.74) is 4.12. The molecule has 2 aromatic carbocycles. The number of anilines is 1. The van der Waals surface area contributed by atoms with Crippen LogP contribution in [0.15, 0.2) is 36.4 Å². The van der Waals surface area contributed by atoms with E-state index in [9.17, 15) is 9.90 Å². The molecule has 1 aliphatic rings. The van der Waals surface area contributed by atoms with Crippen LogP contribution in [0.3, 0.4) is 0 Å². The molecule has 1 unspecified atom stereocenters. The number of carbonyl (C=O) groups excluding carboxylic acids is 1. The molecule has 2 aromatic rings. The van der Waals surface area contributed by atoms with Crippen LogP contribution in [0.5, 0.6) is 0 Å². The van der Waals surface area contributed by atoms with Crippen molar-refractivity contribution in [3.8, 4) is 0 Å². The summed E-state index contributed by atoms with van der Waals surface area (Å²) >= 11 is 6.23. The predicted octanol–water partition coefficient (Wildman–Crippen LogP) is 3.22. The molecule has 1 atom stereocenters. The number of amides is 1. The van der Waals surface area contributed by atoms with Crippen LogP contribution in [-0.4, -0.2) is 11.0 Å². The number of fused-ring (bicyclic) bond motifs is 1. The van der Waals surface area contributed by atoms with Crippen molar-refractivity contribution in [2.24, 2.45) is 0 Å². The van der Waals surface area contributed by atoms with Crippen molar-refractivity contribution >= 4 is 23.2 Å². The third-order valence-electron chi connectivity index (χ3n) is 3.50. The molecular weight excluding hydrogens is 274 g/mol. The minimum atomic E-state index is -0.789. The first-order valence-electron chi connectivity index (χ1n) is 6.41. The summed E-state index contributed by atoms with van der Waals surface area (Å²) in [6.07, 6.45) is -0.455. The number of aliphatic hydroxyl groups is 1. The van der Waals surface area contributed by atoms with Gasteiger partial charge in [0.15, 0.2) is 0 Å². The van der Waals surface area contributed by atoms with E-state index < -0.39 is 6.10 Å². The fraction of sp³-hybridized carbons (Fsp3) is 0.188. The lowest BCUT2D eigenvalue weighted by atomic mass is 9.97. The Bertz CT molecular complexity index is 697. The molecule has 0 bridgehead atoms. The van der Waals surface area contributed by atoms with E-state index >= 15 is 0 Å². The average molecular weight is 288 g/mol. The van der Waals surface area contributed by atoms with Gasteiger partial charge < -0.3 is 10.4 Å². The van der Waals surface area contributed by atoms with Gasteiger partial charge in [-0.25, -0.2) is 0 Å². The molecule has 1 amide bonds. The Kier molecular flexibility index (Phi) is 3.24. The fourth-order valence-electron chi connectivity index (χ4n) is 2.50. The van der Waals surface area contributed by atoms with Crippen LogP contribution in [0.25, 0.3) is 0 Å². The molecule has 4 heteroatoms. The highest BCUT2D eigenvalue weighted by Crippen LogP contribution is 2.35. The van der Waals surface area contributed by atoms with Crippen LogP contribution in [0.1, 0.15) is 28.4 Å². The maximum Gasteiger partial charge on any atom is 0.228 e. The molecule has 0 fully saturated rings. The number of rotatable bonds is 2. The smallest absolute Gasteiger partial charge is 0.228 e. The average Bonchev–Trinajstić information content (AvgIpc) is 2.76. The second kappa shape index (κ2) is 4.93. The minimum absolute atomic E-state index is 0.0433. The van der Waals surface area contributed by atoms with Crippen molar-refractivity contribution in [3.63, 3.8) is 0 Å². The van der Waals surface area contributed by atoms with E-state index in [2.05, 4.69) is 5.32 Å². The van der Waals surface area contributed by atoms with E-state index in [0.717, 1.165) is 22.4 Å². The zero-order chi connectivity index (χ0) is 14.3. The van der Waals surface area contributed by atoms with Gasteiger partial charge in [0, 0.05) is 16.3 Å². The second-order valence-corrected chi connectivity index (χ2v) is 5.48. The van der Waals surface area contributed by atoms with Crippen LogP contribution < -0.4 is 5.32 Å². The van der Waals surface area contributed by atoms with E-state index in [1.54, 1.807) is 6.07 Å². The van der Waals surface area contributed by atoms with Gasteiger partial charge in [0.2, 0.25) is 5.91 Å². The number of benzene rings is 2. The lowest BCUT2D eigenvalue weighted by Crippen LogP contribution is -2.03. The van der Waals surface area contributed by atoms with Crippen LogP contribution in [0, 0.1) is 6.92 Å². The number of aliphatic hydroxyl groups excluding tert-OH is 1. The van der Waals surface area contributed by atoms with E-state index in [0.29, 0.717) is 17.0 Å². The molecule has 20 heavy (non-hydrogen) atoms. The summed E-state index contributed by atoms with van der Waals surface area (Å²) in [5, 5.41) is 13.7. The predicted molar refractivity (Wildman–Crippen MR) is 79.0 cm³/mol. The summed E-state index contributed by atoms with van der Waals surface area (Å²) in [6.45, 7) is 1.98. The SMILES string of the molecule is Cc1cccc(C(O)c2cc3c(cc2Cl)NC(=O)C3)c1. The number of carbonyl (C=O) groups is 1. The third kappa shape index (κ3) is 2.30. The Morgan fingerprint density at radius 3 is 2.85 bits per heavy atom. The van der Waals surface area contributed by atoms with Gasteiger partial charge in [0.05, 0.1) is 6.42 Å². The summed E-state index contributed by atoms with van der Waals surface area (Å²) in [6, 6.07) is 11.2. The molecule has 0 saturated heterocycles. The molecule has 0 saturated carbocycles. The molecule has 0 spiro atoms. The van der Waals surface area contributed by atoms with Gasteiger partial charge in [0.1, 0.15) is 6.10 Å². The third-order valence-corrected chi connectivity index (χ3v) is 3.83. The number of hydrogen-bond donors (Lipinski definition) is 2. The van der Waals surface area contributed by atoms with Gasteiger partial charge in [-0.05, 0) is 30.2 Å². The van der Waals surface area contributed by atoms with Crippen molar-refractivity contribution in [1.29, 1.82) is 0 Å². The number of halogens is 1. The highest BCUT2D eigenvalue weighted by molar-refractivity contribution is 6.32. The lowest BCUT2D eigenvalue weighted by Gasteiger charge is -2.15. The van der Waals surface area contributed by atoms with Crippen molar-refractivity contribution in [2.75, 3.05) is 5.32 Å². The Hall–Kier alpha value is -1.84. The van der Waals surface area contributed by atoms with Crippen molar-refractivity contribution < 1.29 is 9.90 Å². The van der Waals surface area contributed by atoms with Crippen LogP contribution in [-0.2, 0) is 11.2 Å². The molecule has 2 N–H and O–H groups in total. The summed E-state index contributed by atoms with van der Waals surface area (Å²) in [4.78, 5) is 11.4. The number of nitrogens with one attached hydrogen (secondary N) is 1. The van der Waals surface area contributed by atoms with Gasteiger partial charge in [-0.15, -0.1) is 0 Å². The van der Waals surface area contributed by atoms with Gasteiger partial charge in [-0.2, -0.15) is 0 Å². The Labute approximate surface area is 122 Å². The fourth-order valence-corrected chi connectivity index (χ4v) is 2.76. The van der Waals surface area contributed by atoms with Gasteiger partial charge >= 0.3 is 0 Å². The molecule has 0 aromatic heterocycles. The quantitative estimate of drug-likeness (QED) is 0.891. The Morgan fingerprint density at radius 1 is 1.30 bits per heavy atom. The van der Waals surface area contributed by atoms with Gasteiger partial charge in [-0.3, -0.25) is 4.79 Å². The molecule has 1 aliphatic heterocycles. The molecule has 102 valence electrons. The monoisotopic (exact) mass is 287 g/mol. The highest BCUT2D eigenvalue weighted by atomic mass is 35.5. The molecular formula is C16H14ClNO2. The highest BCUT2D eigenvalue weighted by Gasteiger charge is 2.22. The maximum atomic E-state index is 11.4. The van der Waals surface area contributed by atoms with Crippen LogP contribution >= 0.6 is 11.6 Å². The topological polar surface area (TPSA) is 49.3 Å². The number of hydrogen-bond acceptors (Lipinski definition) is 2. The molecule has 0 aliphatic carbocycles. The lowest BCUT2D eigenvalue weighted by molar-refractivity contribution is -0.115. The largest absolute Gasteiger partial charge is 0.384 e. The van der Waals surface area contributed by atoms with Gasteiger partial charge in [0.25, 0.3) is 0 Å². The first-order chi connectivity index (χ1) is 9.54. The molecule has 3 rings (SSSR count). The second-order valence-electron chi connectivity index (χ2n) is 5.07. The standard InChI is InChI=1S/C16H14ClNO2/c1-9-3-2-4-10(5-9)16(20)12-6-11-7-15(19)18-14(11)8-13(12)17/h2-6,8,16,20H,7H2,1H3,(H,18,19). The van der Waals surface area contributed by atoms with Crippen LogP contribution in [0.2, 0.25) is 5.02 Å². The zero-order valence-corrected chi connectivity index (χ0v) is 11.7. The Morgan fingerprint density at radius 2 is 2.10 bits per heavy atom. The zero-order valence-electron chi connectivity index (χ0n) is 11.0. The van der Waals surface area contributed by atoms with Crippen LogP contribution in [0.4, 0.5) is 5.69 Å². The first-order valence-corrected chi connectivity index (χ1v) is 6.79. The Balaban J connectivity index is 2.02. The molecule has 3 nitrogen and oxygen atoms in total. The van der Waals surface area contributed by atoms with Gasteiger partial charge in [-0.1, -0.05) is 41.4 Å². The first kappa shape index (κ1) is 13.2. The van der Waals surface area contributed by atoms with Crippen molar-refractivity contribution in [3.05, 3.63) is 63.7 Å². The van der Waals surface area contributed by atoms with E-state index in [-0.39, 0.29) is 5.91 Å². The van der Waals surface area contributed by atoms with E-state index in [4.69, 9.17) is 11.6 Å².